The normalized spacial score (nSPS) is 19.3. The molecule has 0 spiro atoms. The second-order valence-electron chi connectivity index (χ2n) is 7.40. The summed E-state index contributed by atoms with van der Waals surface area (Å²) >= 11 is 0. The van der Waals surface area contributed by atoms with Crippen LogP contribution in [0.15, 0.2) is 18.2 Å². The van der Waals surface area contributed by atoms with Crippen LogP contribution >= 0.6 is 0 Å². The van der Waals surface area contributed by atoms with Gasteiger partial charge in [0.2, 0.25) is 0 Å². The second kappa shape index (κ2) is 7.98. The van der Waals surface area contributed by atoms with Crippen molar-refractivity contribution in [1.29, 1.82) is 0 Å². The number of hydrogen-bond donors (Lipinski definition) is 2. The van der Waals surface area contributed by atoms with Crippen molar-refractivity contribution in [3.05, 3.63) is 23.8 Å². The van der Waals surface area contributed by atoms with E-state index < -0.39 is 11.5 Å². The highest BCUT2D eigenvalue weighted by Crippen LogP contribution is 2.35. The van der Waals surface area contributed by atoms with E-state index in [9.17, 15) is 14.7 Å². The van der Waals surface area contributed by atoms with E-state index in [0.717, 1.165) is 25.7 Å². The predicted molar refractivity (Wildman–Crippen MR) is 96.8 cm³/mol. The zero-order valence-electron chi connectivity index (χ0n) is 15.3. The molecule has 0 saturated heterocycles. The van der Waals surface area contributed by atoms with Crippen LogP contribution in [0.25, 0.3) is 0 Å². The van der Waals surface area contributed by atoms with Gasteiger partial charge in [0, 0.05) is 5.56 Å². The Morgan fingerprint density at radius 1 is 1.15 bits per heavy atom. The highest BCUT2D eigenvalue weighted by atomic mass is 16.5. The largest absolute Gasteiger partial charge is 0.493 e. The fourth-order valence-electron chi connectivity index (χ4n) is 4.09. The number of ether oxygens (including phenoxy) is 2. The molecule has 0 aliphatic heterocycles. The molecular formula is C20H27NO5. The monoisotopic (exact) mass is 361 g/mol. The Kier molecular flexibility index (Phi) is 5.69. The van der Waals surface area contributed by atoms with Gasteiger partial charge in [-0.05, 0) is 56.7 Å². The lowest BCUT2D eigenvalue weighted by Gasteiger charge is -2.28. The van der Waals surface area contributed by atoms with Crippen molar-refractivity contribution in [1.82, 2.24) is 5.32 Å². The maximum Gasteiger partial charge on any atom is 0.305 e. The molecule has 0 unspecified atom stereocenters. The number of nitrogens with one attached hydrogen (secondary N) is 1. The molecule has 26 heavy (non-hydrogen) atoms. The number of carbonyl (C=O) groups is 2. The lowest BCUT2D eigenvalue weighted by molar-refractivity contribution is -0.138. The van der Waals surface area contributed by atoms with Crippen molar-refractivity contribution < 1.29 is 24.2 Å². The molecule has 1 amide bonds. The van der Waals surface area contributed by atoms with Gasteiger partial charge in [-0.15, -0.1) is 0 Å². The lowest BCUT2D eigenvalue weighted by atomic mass is 9.92. The zero-order valence-corrected chi connectivity index (χ0v) is 15.3. The summed E-state index contributed by atoms with van der Waals surface area (Å²) in [6.07, 6.45) is 7.89. The van der Waals surface area contributed by atoms with Crippen molar-refractivity contribution >= 4 is 11.9 Å². The molecule has 2 aliphatic rings. The first-order valence-corrected chi connectivity index (χ1v) is 9.40. The molecule has 2 aliphatic carbocycles. The Hall–Kier alpha value is -2.24. The first-order valence-electron chi connectivity index (χ1n) is 9.40. The Labute approximate surface area is 153 Å². The van der Waals surface area contributed by atoms with Crippen molar-refractivity contribution in [2.75, 3.05) is 7.11 Å². The van der Waals surface area contributed by atoms with Gasteiger partial charge in [0.1, 0.15) is 0 Å². The fraction of sp³-hybridized carbons (Fsp3) is 0.600. The number of carbonyl (C=O) groups excluding carboxylic acids is 1. The van der Waals surface area contributed by atoms with Crippen molar-refractivity contribution in [3.63, 3.8) is 0 Å². The molecule has 3 rings (SSSR count). The number of carboxylic acids is 1. The molecule has 1 aromatic carbocycles. The van der Waals surface area contributed by atoms with Crippen LogP contribution in [0, 0.1) is 0 Å². The molecule has 2 fully saturated rings. The molecule has 2 saturated carbocycles. The zero-order chi connectivity index (χ0) is 18.6. The molecule has 0 heterocycles. The number of methoxy groups -OCH3 is 1. The van der Waals surface area contributed by atoms with Crippen LogP contribution in [-0.4, -0.2) is 35.7 Å². The summed E-state index contributed by atoms with van der Waals surface area (Å²) in [5, 5.41) is 12.2. The van der Waals surface area contributed by atoms with Crippen LogP contribution in [0.1, 0.15) is 68.1 Å². The molecular weight excluding hydrogens is 334 g/mol. The minimum atomic E-state index is -0.884. The van der Waals surface area contributed by atoms with Crippen LogP contribution in [0.2, 0.25) is 0 Å². The van der Waals surface area contributed by atoms with Gasteiger partial charge in [-0.2, -0.15) is 0 Å². The second-order valence-corrected chi connectivity index (χ2v) is 7.40. The van der Waals surface area contributed by atoms with E-state index in [4.69, 9.17) is 9.47 Å². The Morgan fingerprint density at radius 2 is 1.85 bits per heavy atom. The minimum Gasteiger partial charge on any atom is -0.493 e. The van der Waals surface area contributed by atoms with E-state index in [1.54, 1.807) is 25.3 Å². The third kappa shape index (κ3) is 4.29. The SMILES string of the molecule is COc1cc(C(=O)NC2(CC(=O)O)CCCC2)ccc1OC1CCCC1. The molecule has 6 heteroatoms. The summed E-state index contributed by atoms with van der Waals surface area (Å²) in [6.45, 7) is 0. The van der Waals surface area contributed by atoms with E-state index in [1.165, 1.54) is 12.8 Å². The van der Waals surface area contributed by atoms with E-state index in [1.807, 2.05) is 0 Å². The van der Waals surface area contributed by atoms with Gasteiger partial charge in [0.05, 0.1) is 25.2 Å². The number of amides is 1. The first-order chi connectivity index (χ1) is 12.5. The molecule has 2 N–H and O–H groups in total. The fourth-order valence-corrected chi connectivity index (χ4v) is 4.09. The number of aliphatic carboxylic acids is 1. The standard InChI is InChI=1S/C20H27NO5/c1-25-17-12-14(8-9-16(17)26-15-6-2-3-7-15)19(24)21-20(13-18(22)23)10-4-5-11-20/h8-9,12,15H,2-7,10-11,13H2,1H3,(H,21,24)(H,22,23). The van der Waals surface area contributed by atoms with E-state index in [0.29, 0.717) is 29.9 Å². The highest BCUT2D eigenvalue weighted by molar-refractivity contribution is 5.95. The molecule has 0 bridgehead atoms. The summed E-state index contributed by atoms with van der Waals surface area (Å²) in [5.41, 5.74) is -0.188. The van der Waals surface area contributed by atoms with Crippen LogP contribution in [0.5, 0.6) is 11.5 Å². The number of carboxylic acid groups (broad SMARTS) is 1. The number of hydrogen-bond acceptors (Lipinski definition) is 4. The Bertz CT molecular complexity index is 660. The molecule has 6 nitrogen and oxygen atoms in total. The number of rotatable bonds is 7. The molecule has 0 atom stereocenters. The average molecular weight is 361 g/mol. The van der Waals surface area contributed by atoms with Crippen LogP contribution in [0.3, 0.4) is 0 Å². The maximum absolute atomic E-state index is 12.7. The quantitative estimate of drug-likeness (QED) is 0.776. The summed E-state index contributed by atoms with van der Waals surface area (Å²) < 4.78 is 11.4. The Morgan fingerprint density at radius 3 is 2.46 bits per heavy atom. The predicted octanol–water partition coefficient (Wildman–Crippen LogP) is 3.53. The van der Waals surface area contributed by atoms with E-state index in [-0.39, 0.29) is 18.4 Å². The molecule has 0 radical (unpaired) electrons. The van der Waals surface area contributed by atoms with Gasteiger partial charge < -0.3 is 19.9 Å². The van der Waals surface area contributed by atoms with Crippen molar-refractivity contribution in [2.24, 2.45) is 0 Å². The first kappa shape index (κ1) is 18.5. The summed E-state index contributed by atoms with van der Waals surface area (Å²) in [6, 6.07) is 5.15. The Balaban J connectivity index is 1.73. The van der Waals surface area contributed by atoms with Crippen LogP contribution in [-0.2, 0) is 4.79 Å². The third-order valence-electron chi connectivity index (χ3n) is 5.45. The van der Waals surface area contributed by atoms with Crippen LogP contribution in [0.4, 0.5) is 0 Å². The van der Waals surface area contributed by atoms with Gasteiger partial charge >= 0.3 is 5.97 Å². The van der Waals surface area contributed by atoms with E-state index >= 15 is 0 Å². The average Bonchev–Trinajstić information content (AvgIpc) is 3.27. The van der Waals surface area contributed by atoms with Gasteiger partial charge in [0.25, 0.3) is 5.91 Å². The molecule has 1 aromatic rings. The summed E-state index contributed by atoms with van der Waals surface area (Å²) in [5.74, 6) is 0.0317. The van der Waals surface area contributed by atoms with Gasteiger partial charge in [-0.25, -0.2) is 0 Å². The van der Waals surface area contributed by atoms with Gasteiger partial charge in [0.15, 0.2) is 11.5 Å². The smallest absolute Gasteiger partial charge is 0.305 e. The topological polar surface area (TPSA) is 84.9 Å². The maximum atomic E-state index is 12.7. The lowest BCUT2D eigenvalue weighted by Crippen LogP contribution is -2.47. The minimum absolute atomic E-state index is 0.0429. The summed E-state index contributed by atoms with van der Waals surface area (Å²) in [4.78, 5) is 23.9. The van der Waals surface area contributed by atoms with Gasteiger partial charge in [-0.3, -0.25) is 9.59 Å². The van der Waals surface area contributed by atoms with E-state index in [2.05, 4.69) is 5.32 Å². The highest BCUT2D eigenvalue weighted by Gasteiger charge is 2.37. The number of benzene rings is 1. The molecule has 142 valence electrons. The summed E-state index contributed by atoms with van der Waals surface area (Å²) in [7, 11) is 1.56. The van der Waals surface area contributed by atoms with Crippen LogP contribution < -0.4 is 14.8 Å². The van der Waals surface area contributed by atoms with Crippen molar-refractivity contribution in [2.45, 2.75) is 69.4 Å². The van der Waals surface area contributed by atoms with Gasteiger partial charge in [-0.1, -0.05) is 12.8 Å². The molecule has 0 aromatic heterocycles. The third-order valence-corrected chi connectivity index (χ3v) is 5.45. The van der Waals surface area contributed by atoms with Crippen molar-refractivity contribution in [3.8, 4) is 11.5 Å².